The van der Waals surface area contributed by atoms with Gasteiger partial charge < -0.3 is 4.90 Å². The lowest BCUT2D eigenvalue weighted by Gasteiger charge is -2.43. The first kappa shape index (κ1) is 21.8. The van der Waals surface area contributed by atoms with E-state index in [4.69, 9.17) is 12.2 Å². The van der Waals surface area contributed by atoms with Crippen molar-refractivity contribution in [2.45, 2.75) is 39.7 Å². The molecule has 0 aromatic heterocycles. The van der Waals surface area contributed by atoms with E-state index >= 15 is 4.39 Å². The molecule has 2 aromatic carbocycles. The molecule has 4 rings (SSSR count). The van der Waals surface area contributed by atoms with Crippen LogP contribution in [0.5, 0.6) is 0 Å². The Kier molecular flexibility index (Phi) is 5.79. The summed E-state index contributed by atoms with van der Waals surface area (Å²) in [5.41, 5.74) is 3.95. The van der Waals surface area contributed by atoms with Gasteiger partial charge in [-0.3, -0.25) is 9.69 Å². The maximum Gasteiger partial charge on any atom is 0.270 e. The number of hydrogen-bond acceptors (Lipinski definition) is 4. The van der Waals surface area contributed by atoms with E-state index in [2.05, 4.69) is 38.7 Å². The average molecular weight is 453 g/mol. The van der Waals surface area contributed by atoms with Crippen molar-refractivity contribution in [3.63, 3.8) is 0 Å². The lowest BCUT2D eigenvalue weighted by atomic mass is 9.87. The molecule has 6 heteroatoms. The predicted molar refractivity (Wildman–Crippen MR) is 134 cm³/mol. The summed E-state index contributed by atoms with van der Waals surface area (Å²) in [7, 11) is 0. The summed E-state index contributed by atoms with van der Waals surface area (Å²) in [5, 5.41) is 0. The Morgan fingerprint density at radius 2 is 1.90 bits per heavy atom. The van der Waals surface area contributed by atoms with Crippen LogP contribution in [0, 0.1) is 5.82 Å². The molecule has 160 valence electrons. The number of benzene rings is 2. The first-order valence-corrected chi connectivity index (χ1v) is 11.6. The van der Waals surface area contributed by atoms with Gasteiger partial charge in [0.15, 0.2) is 4.32 Å². The highest BCUT2D eigenvalue weighted by atomic mass is 32.2. The molecule has 2 aliphatic rings. The zero-order chi connectivity index (χ0) is 22.3. The number of nitrogens with zero attached hydrogens (tertiary/aromatic N) is 2. The molecule has 31 heavy (non-hydrogen) atoms. The monoisotopic (exact) mass is 452 g/mol. The van der Waals surface area contributed by atoms with Crippen LogP contribution in [0.25, 0.3) is 11.6 Å². The minimum atomic E-state index is -0.338. The molecule has 2 heterocycles. The third kappa shape index (κ3) is 3.94. The van der Waals surface area contributed by atoms with Gasteiger partial charge in [0.1, 0.15) is 5.82 Å². The summed E-state index contributed by atoms with van der Waals surface area (Å²) in [5.74, 6) is -0.560. The molecule has 0 radical (unpaired) electrons. The zero-order valence-corrected chi connectivity index (χ0v) is 19.7. The second-order valence-corrected chi connectivity index (χ2v) is 10.1. The van der Waals surface area contributed by atoms with Crippen molar-refractivity contribution < 1.29 is 9.18 Å². The van der Waals surface area contributed by atoms with Crippen molar-refractivity contribution in [3.8, 4) is 0 Å². The lowest BCUT2D eigenvalue weighted by molar-refractivity contribution is -0.113. The molecule has 0 saturated carbocycles. The van der Waals surface area contributed by atoms with Crippen LogP contribution in [-0.4, -0.2) is 22.3 Å². The molecule has 2 aromatic rings. The van der Waals surface area contributed by atoms with Gasteiger partial charge in [0.2, 0.25) is 0 Å². The third-order valence-corrected chi connectivity index (χ3v) is 6.94. The van der Waals surface area contributed by atoms with Crippen molar-refractivity contribution >= 4 is 57.2 Å². The number of carbonyl (C=O) groups is 1. The summed E-state index contributed by atoms with van der Waals surface area (Å²) in [6, 6.07) is 12.7. The van der Waals surface area contributed by atoms with E-state index in [1.807, 2.05) is 36.4 Å². The van der Waals surface area contributed by atoms with Crippen molar-refractivity contribution in [2.24, 2.45) is 0 Å². The summed E-state index contributed by atoms with van der Waals surface area (Å²) in [6.45, 7) is 9.32. The number of thiocarbonyl (C=S) groups is 1. The van der Waals surface area contributed by atoms with Gasteiger partial charge in [-0.25, -0.2) is 4.39 Å². The Bertz CT molecular complexity index is 1120. The summed E-state index contributed by atoms with van der Waals surface area (Å²) in [6.07, 6.45) is 4.82. The van der Waals surface area contributed by atoms with Crippen LogP contribution >= 0.6 is 24.0 Å². The van der Waals surface area contributed by atoms with Crippen LogP contribution in [0.3, 0.4) is 0 Å². The Labute approximate surface area is 192 Å². The average Bonchev–Trinajstić information content (AvgIpc) is 2.99. The van der Waals surface area contributed by atoms with Crippen LogP contribution in [0.15, 0.2) is 53.4 Å². The van der Waals surface area contributed by atoms with Gasteiger partial charge in [-0.1, -0.05) is 55.2 Å². The highest BCUT2D eigenvalue weighted by Gasteiger charge is 2.34. The van der Waals surface area contributed by atoms with Gasteiger partial charge in [-0.2, -0.15) is 0 Å². The second kappa shape index (κ2) is 8.24. The number of rotatable bonds is 4. The third-order valence-electron chi connectivity index (χ3n) is 5.64. The van der Waals surface area contributed by atoms with Crippen molar-refractivity contribution in [3.05, 3.63) is 70.4 Å². The van der Waals surface area contributed by atoms with E-state index in [-0.39, 0.29) is 17.3 Å². The van der Waals surface area contributed by atoms with Crippen LogP contribution in [0.2, 0.25) is 0 Å². The van der Waals surface area contributed by atoms with Crippen molar-refractivity contribution in [2.75, 3.05) is 16.3 Å². The fourth-order valence-corrected chi connectivity index (χ4v) is 5.56. The Hall–Kier alpha value is -2.44. The van der Waals surface area contributed by atoms with Gasteiger partial charge in [0, 0.05) is 23.4 Å². The number of allylic oxidation sites excluding steroid dienone is 1. The van der Waals surface area contributed by atoms with Crippen LogP contribution in [0.4, 0.5) is 15.8 Å². The van der Waals surface area contributed by atoms with Crippen molar-refractivity contribution in [1.82, 2.24) is 0 Å². The molecule has 1 saturated heterocycles. The van der Waals surface area contributed by atoms with Gasteiger partial charge in [-0.15, -0.1) is 0 Å². The fourth-order valence-electron chi connectivity index (χ4n) is 4.27. The highest BCUT2D eigenvalue weighted by molar-refractivity contribution is 8.27. The first-order valence-electron chi connectivity index (χ1n) is 10.4. The zero-order valence-electron chi connectivity index (χ0n) is 18.1. The number of amides is 1. The van der Waals surface area contributed by atoms with Crippen LogP contribution in [0.1, 0.15) is 45.2 Å². The molecule has 2 aliphatic heterocycles. The molecular weight excluding hydrogens is 427 g/mol. The van der Waals surface area contributed by atoms with Crippen LogP contribution in [-0.2, 0) is 4.79 Å². The molecule has 1 amide bonds. The molecule has 1 fully saturated rings. The van der Waals surface area contributed by atoms with Gasteiger partial charge >= 0.3 is 0 Å². The lowest BCUT2D eigenvalue weighted by Crippen LogP contribution is -2.45. The Balaban J connectivity index is 1.74. The standard InChI is InChI=1S/C25H25FN2OS2/c1-5-11-27-21-14-20(26)17(12-19(21)16(2)15-25(27,3)4)13-22-23(29)28(24(30)31-22)18-9-7-6-8-10-18/h6-10,12-15H,5,11H2,1-4H3/b22-13+. The van der Waals surface area contributed by atoms with E-state index in [1.165, 1.54) is 16.7 Å². The quantitative estimate of drug-likeness (QED) is 0.383. The van der Waals surface area contributed by atoms with E-state index in [1.54, 1.807) is 12.1 Å². The number of thioether (sulfide) groups is 1. The van der Waals surface area contributed by atoms with E-state index in [0.717, 1.165) is 35.5 Å². The fraction of sp³-hybridized carbons (Fsp3) is 0.280. The minimum Gasteiger partial charge on any atom is -0.362 e. The number of hydrogen-bond donors (Lipinski definition) is 0. The number of carbonyl (C=O) groups excluding carboxylic acids is 1. The first-order chi connectivity index (χ1) is 14.7. The van der Waals surface area contributed by atoms with E-state index in [9.17, 15) is 4.79 Å². The molecule has 0 spiro atoms. The molecule has 3 nitrogen and oxygen atoms in total. The molecule has 0 bridgehead atoms. The number of anilines is 2. The maximum absolute atomic E-state index is 15.2. The molecule has 0 atom stereocenters. The normalized spacial score (nSPS) is 19.1. The number of para-hydroxylation sites is 1. The molecular formula is C25H25FN2OS2. The smallest absolute Gasteiger partial charge is 0.270 e. The topological polar surface area (TPSA) is 23.6 Å². The predicted octanol–water partition coefficient (Wildman–Crippen LogP) is 6.64. The van der Waals surface area contributed by atoms with Gasteiger partial charge in [0.05, 0.1) is 16.1 Å². The van der Waals surface area contributed by atoms with E-state index < -0.39 is 0 Å². The van der Waals surface area contributed by atoms with E-state index in [0.29, 0.717) is 14.8 Å². The van der Waals surface area contributed by atoms with Gasteiger partial charge in [0.25, 0.3) is 5.91 Å². The Morgan fingerprint density at radius 1 is 1.19 bits per heavy atom. The summed E-state index contributed by atoms with van der Waals surface area (Å²) >= 11 is 6.63. The molecule has 0 unspecified atom stereocenters. The summed E-state index contributed by atoms with van der Waals surface area (Å²) < 4.78 is 15.7. The number of fused-ring (bicyclic) bond motifs is 1. The van der Waals surface area contributed by atoms with Gasteiger partial charge in [-0.05, 0) is 63.1 Å². The second-order valence-electron chi connectivity index (χ2n) is 8.38. The van der Waals surface area contributed by atoms with Crippen LogP contribution < -0.4 is 9.80 Å². The minimum absolute atomic E-state index is 0.181. The summed E-state index contributed by atoms with van der Waals surface area (Å²) in [4.78, 5) is 17.2. The highest BCUT2D eigenvalue weighted by Crippen LogP contribution is 2.42. The number of halogens is 1. The molecule has 0 aliphatic carbocycles. The molecule has 0 N–H and O–H groups in total. The largest absolute Gasteiger partial charge is 0.362 e. The maximum atomic E-state index is 15.2. The SMILES string of the molecule is CCCN1c2cc(F)c(/C=C3/SC(=S)N(c4ccccc4)C3=O)cc2C(C)=CC1(C)C. The Morgan fingerprint density at radius 3 is 2.58 bits per heavy atom. The van der Waals surface area contributed by atoms with Crippen molar-refractivity contribution in [1.29, 1.82) is 0 Å².